The standard InChI is InChI=1S/C17H31NO4/c1-11-6-7-18(10-16(2,3)8-11)9-12-13(19)14-15(20-12)22-17(4,5)21-14/h11-15,19H,6-10H2,1-5H3/t11?,12-,13+,14-,15-/m1/s1. The van der Waals surface area contributed by atoms with Crippen LogP contribution in [-0.4, -0.2) is 60.0 Å². The van der Waals surface area contributed by atoms with Gasteiger partial charge in [-0.2, -0.15) is 0 Å². The van der Waals surface area contributed by atoms with E-state index in [4.69, 9.17) is 14.2 Å². The largest absolute Gasteiger partial charge is 0.387 e. The third kappa shape index (κ3) is 3.49. The van der Waals surface area contributed by atoms with Gasteiger partial charge in [0.2, 0.25) is 0 Å². The van der Waals surface area contributed by atoms with Crippen molar-refractivity contribution in [2.75, 3.05) is 19.6 Å². The third-order valence-corrected chi connectivity index (χ3v) is 5.04. The Balaban J connectivity index is 1.60. The Hall–Kier alpha value is -0.200. The van der Waals surface area contributed by atoms with Crippen LogP contribution in [0.15, 0.2) is 0 Å². The second kappa shape index (κ2) is 5.71. The first-order valence-corrected chi connectivity index (χ1v) is 8.57. The van der Waals surface area contributed by atoms with Crippen LogP contribution in [0.5, 0.6) is 0 Å². The Kier molecular flexibility index (Phi) is 4.32. The van der Waals surface area contributed by atoms with E-state index in [1.54, 1.807) is 0 Å². The Morgan fingerprint density at radius 1 is 1.18 bits per heavy atom. The minimum absolute atomic E-state index is 0.227. The highest BCUT2D eigenvalue weighted by Gasteiger charge is 2.54. The highest BCUT2D eigenvalue weighted by atomic mass is 16.8. The van der Waals surface area contributed by atoms with E-state index in [9.17, 15) is 5.11 Å². The summed E-state index contributed by atoms with van der Waals surface area (Å²) in [6.45, 7) is 13.6. The second-order valence-corrected chi connectivity index (χ2v) is 8.63. The highest BCUT2D eigenvalue weighted by molar-refractivity contribution is 4.95. The molecule has 1 N–H and O–H groups in total. The minimum Gasteiger partial charge on any atom is -0.387 e. The van der Waals surface area contributed by atoms with E-state index in [2.05, 4.69) is 25.7 Å². The number of aliphatic hydroxyl groups excluding tert-OH is 1. The van der Waals surface area contributed by atoms with Crippen LogP contribution in [0.25, 0.3) is 0 Å². The molecule has 3 aliphatic heterocycles. The van der Waals surface area contributed by atoms with Crippen molar-refractivity contribution in [3.8, 4) is 0 Å². The molecule has 1 unspecified atom stereocenters. The fourth-order valence-electron chi connectivity index (χ4n) is 4.32. The Morgan fingerprint density at radius 2 is 1.91 bits per heavy atom. The van der Waals surface area contributed by atoms with E-state index in [1.165, 1.54) is 12.8 Å². The van der Waals surface area contributed by atoms with Crippen LogP contribution in [0.1, 0.15) is 47.5 Å². The number of aliphatic hydroxyl groups is 1. The molecule has 3 saturated heterocycles. The quantitative estimate of drug-likeness (QED) is 0.845. The maximum Gasteiger partial charge on any atom is 0.190 e. The zero-order chi connectivity index (χ0) is 16.1. The SMILES string of the molecule is CC1CCN(C[C@H]2O[C@@H]3OC(C)(C)O[C@@H]3[C@H]2O)CC(C)(C)C1. The molecule has 5 heteroatoms. The smallest absolute Gasteiger partial charge is 0.190 e. The summed E-state index contributed by atoms with van der Waals surface area (Å²) in [5, 5.41) is 10.5. The first kappa shape index (κ1) is 16.7. The van der Waals surface area contributed by atoms with Gasteiger partial charge in [-0.25, -0.2) is 0 Å². The summed E-state index contributed by atoms with van der Waals surface area (Å²) in [6.07, 6.45) is 0.821. The molecule has 0 aromatic heterocycles. The number of fused-ring (bicyclic) bond motifs is 1. The van der Waals surface area contributed by atoms with Crippen molar-refractivity contribution >= 4 is 0 Å². The zero-order valence-electron chi connectivity index (χ0n) is 14.5. The van der Waals surface area contributed by atoms with Gasteiger partial charge in [0.1, 0.15) is 18.3 Å². The number of hydrogen-bond donors (Lipinski definition) is 1. The average Bonchev–Trinajstić information content (AvgIpc) is 2.74. The number of hydrogen-bond acceptors (Lipinski definition) is 5. The lowest BCUT2D eigenvalue weighted by Gasteiger charge is -2.32. The molecule has 3 heterocycles. The molecule has 0 spiro atoms. The van der Waals surface area contributed by atoms with E-state index >= 15 is 0 Å². The number of ether oxygens (including phenoxy) is 3. The van der Waals surface area contributed by atoms with Gasteiger partial charge in [-0.3, -0.25) is 0 Å². The molecule has 0 aromatic rings. The minimum atomic E-state index is -0.665. The summed E-state index contributed by atoms with van der Waals surface area (Å²) in [5.74, 6) is 0.0858. The van der Waals surface area contributed by atoms with Crippen LogP contribution in [0.4, 0.5) is 0 Å². The molecule has 0 aromatic carbocycles. The lowest BCUT2D eigenvalue weighted by atomic mass is 9.83. The van der Waals surface area contributed by atoms with E-state index in [1.807, 2.05) is 13.8 Å². The van der Waals surface area contributed by atoms with E-state index < -0.39 is 18.2 Å². The van der Waals surface area contributed by atoms with Gasteiger partial charge in [0, 0.05) is 13.1 Å². The molecule has 3 aliphatic rings. The molecule has 128 valence electrons. The van der Waals surface area contributed by atoms with Crippen molar-refractivity contribution in [2.45, 2.75) is 77.8 Å². The Labute approximate surface area is 133 Å². The molecule has 0 bridgehead atoms. The summed E-state index contributed by atoms with van der Waals surface area (Å²) < 4.78 is 17.4. The van der Waals surface area contributed by atoms with Crippen LogP contribution in [0, 0.1) is 11.3 Å². The summed E-state index contributed by atoms with van der Waals surface area (Å²) in [4.78, 5) is 2.43. The summed E-state index contributed by atoms with van der Waals surface area (Å²) in [6, 6.07) is 0. The van der Waals surface area contributed by atoms with Crippen LogP contribution in [-0.2, 0) is 14.2 Å². The monoisotopic (exact) mass is 313 g/mol. The highest BCUT2D eigenvalue weighted by Crippen LogP contribution is 2.38. The number of likely N-dealkylation sites (tertiary alicyclic amines) is 1. The normalized spacial score (nSPS) is 44.7. The maximum absolute atomic E-state index is 10.5. The van der Waals surface area contributed by atoms with Gasteiger partial charge in [-0.1, -0.05) is 20.8 Å². The summed E-state index contributed by atoms with van der Waals surface area (Å²) >= 11 is 0. The Bertz CT molecular complexity index is 411. The predicted molar refractivity (Wildman–Crippen MR) is 83.3 cm³/mol. The molecule has 0 saturated carbocycles. The molecule has 0 amide bonds. The van der Waals surface area contributed by atoms with E-state index in [0.717, 1.165) is 25.6 Å². The van der Waals surface area contributed by atoms with Crippen LogP contribution >= 0.6 is 0 Å². The molecule has 5 atom stereocenters. The predicted octanol–water partition coefficient (Wildman–Crippen LogP) is 1.98. The van der Waals surface area contributed by atoms with Gasteiger partial charge in [0.15, 0.2) is 12.1 Å². The van der Waals surface area contributed by atoms with Crippen molar-refractivity contribution in [3.63, 3.8) is 0 Å². The van der Waals surface area contributed by atoms with Crippen molar-refractivity contribution in [2.24, 2.45) is 11.3 Å². The maximum atomic E-state index is 10.5. The van der Waals surface area contributed by atoms with Gasteiger partial charge in [-0.15, -0.1) is 0 Å². The van der Waals surface area contributed by atoms with Crippen LogP contribution in [0.2, 0.25) is 0 Å². The molecule has 3 rings (SSSR count). The van der Waals surface area contributed by atoms with Crippen molar-refractivity contribution in [1.82, 2.24) is 4.90 Å². The van der Waals surface area contributed by atoms with Crippen LogP contribution in [0.3, 0.4) is 0 Å². The van der Waals surface area contributed by atoms with E-state index in [0.29, 0.717) is 5.41 Å². The van der Waals surface area contributed by atoms with E-state index in [-0.39, 0.29) is 12.2 Å². The average molecular weight is 313 g/mol. The van der Waals surface area contributed by atoms with Gasteiger partial charge in [0.25, 0.3) is 0 Å². The molecule has 3 fully saturated rings. The lowest BCUT2D eigenvalue weighted by molar-refractivity contribution is -0.216. The number of rotatable bonds is 2. The summed E-state index contributed by atoms with van der Waals surface area (Å²) in [5.41, 5.74) is 0.310. The zero-order valence-corrected chi connectivity index (χ0v) is 14.5. The van der Waals surface area contributed by atoms with Crippen LogP contribution < -0.4 is 0 Å². The first-order chi connectivity index (χ1) is 10.2. The molecule has 0 aliphatic carbocycles. The number of nitrogens with zero attached hydrogens (tertiary/aromatic N) is 1. The molecule has 0 radical (unpaired) electrons. The lowest BCUT2D eigenvalue weighted by Crippen LogP contribution is -2.44. The third-order valence-electron chi connectivity index (χ3n) is 5.04. The fourth-order valence-corrected chi connectivity index (χ4v) is 4.32. The molecule has 22 heavy (non-hydrogen) atoms. The second-order valence-electron chi connectivity index (χ2n) is 8.63. The molecule has 5 nitrogen and oxygen atoms in total. The van der Waals surface area contributed by atoms with Gasteiger partial charge in [0.05, 0.1) is 0 Å². The van der Waals surface area contributed by atoms with Gasteiger partial charge < -0.3 is 24.2 Å². The topological polar surface area (TPSA) is 51.2 Å². The summed E-state index contributed by atoms with van der Waals surface area (Å²) in [7, 11) is 0. The van der Waals surface area contributed by atoms with Gasteiger partial charge >= 0.3 is 0 Å². The Morgan fingerprint density at radius 3 is 2.59 bits per heavy atom. The van der Waals surface area contributed by atoms with Crippen molar-refractivity contribution in [1.29, 1.82) is 0 Å². The molecular formula is C17H31NO4. The fraction of sp³-hybridized carbons (Fsp3) is 1.00. The molecular weight excluding hydrogens is 282 g/mol. The van der Waals surface area contributed by atoms with Crippen molar-refractivity contribution in [3.05, 3.63) is 0 Å². The van der Waals surface area contributed by atoms with Gasteiger partial charge in [-0.05, 0) is 44.6 Å². The van der Waals surface area contributed by atoms with Crippen molar-refractivity contribution < 1.29 is 19.3 Å². The first-order valence-electron chi connectivity index (χ1n) is 8.57.